The maximum Gasteiger partial charge on any atom is 0.333 e. The predicted molar refractivity (Wildman–Crippen MR) is 96.3 cm³/mol. The third kappa shape index (κ3) is 3.56. The lowest BCUT2D eigenvalue weighted by atomic mass is 10.1. The Morgan fingerprint density at radius 1 is 1.20 bits per heavy atom. The van der Waals surface area contributed by atoms with Crippen molar-refractivity contribution in [2.75, 3.05) is 7.11 Å². The van der Waals surface area contributed by atoms with Gasteiger partial charge in [0, 0.05) is 16.4 Å². The molecule has 0 aliphatic heterocycles. The van der Waals surface area contributed by atoms with Gasteiger partial charge in [-0.2, -0.15) is 0 Å². The van der Waals surface area contributed by atoms with Crippen LogP contribution in [0.15, 0.2) is 53.1 Å². The molecule has 0 saturated carbocycles. The van der Waals surface area contributed by atoms with Crippen molar-refractivity contribution in [2.45, 2.75) is 13.0 Å². The van der Waals surface area contributed by atoms with E-state index in [2.05, 4.69) is 26.2 Å². The monoisotopic (exact) mass is 401 g/mol. The molecule has 0 bridgehead atoms. The summed E-state index contributed by atoms with van der Waals surface area (Å²) < 4.78 is 7.52. The predicted octanol–water partition coefficient (Wildman–Crippen LogP) is 3.05. The van der Waals surface area contributed by atoms with Crippen molar-refractivity contribution >= 4 is 33.5 Å². The standard InChI is InChI=1S/C18H16BrN3O3/c1-11-4-3-5-15-20-14(10-22(11)15)17(23)21-16(18(24)25-2)12-6-8-13(19)9-7-12/h3-10,16H,1-2H3,(H,21,23). The number of hydrogen-bond donors (Lipinski definition) is 1. The largest absolute Gasteiger partial charge is 0.467 e. The van der Waals surface area contributed by atoms with Crippen molar-refractivity contribution in [1.82, 2.24) is 14.7 Å². The number of ether oxygens (including phenoxy) is 1. The normalized spacial score (nSPS) is 12.0. The second kappa shape index (κ2) is 7.06. The molecule has 128 valence electrons. The molecule has 0 aliphatic carbocycles. The molecule has 2 heterocycles. The number of aryl methyl sites for hydroxylation is 1. The molecule has 1 atom stereocenters. The number of fused-ring (bicyclic) bond motifs is 1. The molecule has 2 aromatic heterocycles. The summed E-state index contributed by atoms with van der Waals surface area (Å²) in [7, 11) is 1.29. The van der Waals surface area contributed by atoms with Crippen LogP contribution in [0, 0.1) is 6.92 Å². The molecular weight excluding hydrogens is 386 g/mol. The highest BCUT2D eigenvalue weighted by Gasteiger charge is 2.25. The Labute approximate surface area is 153 Å². The molecule has 0 fully saturated rings. The third-order valence-electron chi connectivity index (χ3n) is 3.84. The average molecular weight is 402 g/mol. The Morgan fingerprint density at radius 2 is 1.92 bits per heavy atom. The second-order valence-electron chi connectivity index (χ2n) is 5.50. The Morgan fingerprint density at radius 3 is 2.56 bits per heavy atom. The minimum atomic E-state index is -0.906. The number of hydrogen-bond acceptors (Lipinski definition) is 4. The van der Waals surface area contributed by atoms with Crippen LogP contribution in [0.2, 0.25) is 0 Å². The fraction of sp³-hybridized carbons (Fsp3) is 0.167. The topological polar surface area (TPSA) is 72.7 Å². The first kappa shape index (κ1) is 17.2. The van der Waals surface area contributed by atoms with Crippen molar-refractivity contribution in [3.05, 3.63) is 70.1 Å². The van der Waals surface area contributed by atoms with Crippen molar-refractivity contribution in [1.29, 1.82) is 0 Å². The van der Waals surface area contributed by atoms with Crippen LogP contribution in [0.25, 0.3) is 5.65 Å². The molecular formula is C18H16BrN3O3. The van der Waals surface area contributed by atoms with Crippen LogP contribution in [0.1, 0.15) is 27.8 Å². The van der Waals surface area contributed by atoms with Gasteiger partial charge in [0.25, 0.3) is 5.91 Å². The number of imidazole rings is 1. The molecule has 0 aliphatic rings. The Bertz CT molecular complexity index is 934. The third-order valence-corrected chi connectivity index (χ3v) is 4.37. The molecule has 25 heavy (non-hydrogen) atoms. The summed E-state index contributed by atoms with van der Waals surface area (Å²) in [6.07, 6.45) is 1.65. The van der Waals surface area contributed by atoms with E-state index in [1.54, 1.807) is 30.5 Å². The van der Waals surface area contributed by atoms with Crippen LogP contribution < -0.4 is 5.32 Å². The van der Waals surface area contributed by atoms with Gasteiger partial charge in [0.05, 0.1) is 7.11 Å². The number of benzene rings is 1. The highest BCUT2D eigenvalue weighted by Crippen LogP contribution is 2.19. The van der Waals surface area contributed by atoms with Crippen LogP contribution in [0.3, 0.4) is 0 Å². The van der Waals surface area contributed by atoms with Crippen molar-refractivity contribution < 1.29 is 14.3 Å². The number of carbonyl (C=O) groups is 2. The van der Waals surface area contributed by atoms with Crippen LogP contribution >= 0.6 is 15.9 Å². The Hall–Kier alpha value is -2.67. The van der Waals surface area contributed by atoms with E-state index in [1.165, 1.54) is 7.11 Å². The minimum absolute atomic E-state index is 0.236. The zero-order valence-electron chi connectivity index (χ0n) is 13.7. The first-order valence-electron chi connectivity index (χ1n) is 7.58. The smallest absolute Gasteiger partial charge is 0.333 e. The van der Waals surface area contributed by atoms with Crippen LogP contribution in [0.4, 0.5) is 0 Å². The van der Waals surface area contributed by atoms with Gasteiger partial charge in [0.2, 0.25) is 0 Å². The number of nitrogens with one attached hydrogen (secondary N) is 1. The van der Waals surface area contributed by atoms with Crippen molar-refractivity contribution in [2.24, 2.45) is 0 Å². The van der Waals surface area contributed by atoms with E-state index in [0.29, 0.717) is 11.2 Å². The van der Waals surface area contributed by atoms with Crippen molar-refractivity contribution in [3.8, 4) is 0 Å². The summed E-state index contributed by atoms with van der Waals surface area (Å²) >= 11 is 3.35. The van der Waals surface area contributed by atoms with Gasteiger partial charge in [0.15, 0.2) is 6.04 Å². The van der Waals surface area contributed by atoms with Crippen LogP contribution in [-0.4, -0.2) is 28.4 Å². The lowest BCUT2D eigenvalue weighted by Gasteiger charge is -2.16. The summed E-state index contributed by atoms with van der Waals surface area (Å²) in [5.41, 5.74) is 2.49. The van der Waals surface area contributed by atoms with E-state index in [4.69, 9.17) is 4.74 Å². The number of pyridine rings is 1. The van der Waals surface area contributed by atoms with E-state index in [9.17, 15) is 9.59 Å². The molecule has 1 amide bonds. The highest BCUT2D eigenvalue weighted by molar-refractivity contribution is 9.10. The maximum atomic E-state index is 12.6. The first-order chi connectivity index (χ1) is 12.0. The zero-order valence-corrected chi connectivity index (χ0v) is 15.3. The number of aromatic nitrogens is 2. The van der Waals surface area contributed by atoms with Gasteiger partial charge in [-0.05, 0) is 36.8 Å². The number of carbonyl (C=O) groups excluding carboxylic acids is 2. The van der Waals surface area contributed by atoms with Gasteiger partial charge in [-0.1, -0.05) is 34.1 Å². The van der Waals surface area contributed by atoms with E-state index >= 15 is 0 Å². The summed E-state index contributed by atoms with van der Waals surface area (Å²) in [5.74, 6) is -0.989. The molecule has 1 N–H and O–H groups in total. The first-order valence-corrected chi connectivity index (χ1v) is 8.38. The highest BCUT2D eigenvalue weighted by atomic mass is 79.9. The van der Waals surface area contributed by atoms with E-state index in [-0.39, 0.29) is 5.69 Å². The van der Waals surface area contributed by atoms with Gasteiger partial charge < -0.3 is 14.5 Å². The molecule has 3 rings (SSSR count). The SMILES string of the molecule is COC(=O)C(NC(=O)c1cn2c(C)cccc2n1)c1ccc(Br)cc1. The van der Waals surface area contributed by atoms with Gasteiger partial charge in [0.1, 0.15) is 11.3 Å². The second-order valence-corrected chi connectivity index (χ2v) is 6.42. The number of esters is 1. The number of nitrogens with zero attached hydrogens (tertiary/aromatic N) is 2. The Kier molecular flexibility index (Phi) is 4.85. The van der Waals surface area contributed by atoms with E-state index < -0.39 is 17.9 Å². The maximum absolute atomic E-state index is 12.6. The number of amides is 1. The summed E-state index contributed by atoms with van der Waals surface area (Å²) in [4.78, 5) is 29.0. The fourth-order valence-electron chi connectivity index (χ4n) is 2.51. The zero-order chi connectivity index (χ0) is 18.0. The van der Waals surface area contributed by atoms with Gasteiger partial charge in [-0.15, -0.1) is 0 Å². The minimum Gasteiger partial charge on any atom is -0.467 e. The molecule has 0 saturated heterocycles. The van der Waals surface area contributed by atoms with Gasteiger partial charge >= 0.3 is 5.97 Å². The summed E-state index contributed by atoms with van der Waals surface area (Å²) in [6, 6.07) is 11.8. The molecule has 0 spiro atoms. The van der Waals surface area contributed by atoms with Crippen LogP contribution in [0.5, 0.6) is 0 Å². The number of methoxy groups -OCH3 is 1. The molecule has 0 radical (unpaired) electrons. The van der Waals surface area contributed by atoms with Crippen LogP contribution in [-0.2, 0) is 9.53 Å². The lowest BCUT2D eigenvalue weighted by molar-refractivity contribution is -0.143. The average Bonchev–Trinajstić information content (AvgIpc) is 3.05. The number of halogens is 1. The van der Waals surface area contributed by atoms with Crippen molar-refractivity contribution in [3.63, 3.8) is 0 Å². The van der Waals surface area contributed by atoms with Gasteiger partial charge in [-0.3, -0.25) is 4.79 Å². The van der Waals surface area contributed by atoms with E-state index in [1.807, 2.05) is 29.5 Å². The Balaban J connectivity index is 1.90. The molecule has 6 nitrogen and oxygen atoms in total. The molecule has 3 aromatic rings. The molecule has 1 aromatic carbocycles. The van der Waals surface area contributed by atoms with Gasteiger partial charge in [-0.25, -0.2) is 9.78 Å². The summed E-state index contributed by atoms with van der Waals surface area (Å²) in [5, 5.41) is 2.70. The quantitative estimate of drug-likeness (QED) is 0.681. The van der Waals surface area contributed by atoms with E-state index in [0.717, 1.165) is 10.2 Å². The lowest BCUT2D eigenvalue weighted by Crippen LogP contribution is -2.34. The molecule has 1 unspecified atom stereocenters. The fourth-order valence-corrected chi connectivity index (χ4v) is 2.78. The molecule has 7 heteroatoms. The summed E-state index contributed by atoms with van der Waals surface area (Å²) in [6.45, 7) is 1.93. The number of rotatable bonds is 4.